The number of anilines is 1. The van der Waals surface area contributed by atoms with E-state index < -0.39 is 35.6 Å². The molecule has 144 valence electrons. The summed E-state index contributed by atoms with van der Waals surface area (Å²) in [4.78, 5) is 41.0. The SMILES string of the molecule is O=C(c1ccc(F)cc1)[C@@H]1[C@@H]2C(=O)N(c3ccccc3)C(=O)[C@H]2[C@H]2C=CC=NN21. The molecular weight excluding hydrogens is 373 g/mol. The van der Waals surface area contributed by atoms with Crippen molar-refractivity contribution in [3.05, 3.63) is 78.1 Å². The highest BCUT2D eigenvalue weighted by Gasteiger charge is 2.64. The van der Waals surface area contributed by atoms with E-state index in [9.17, 15) is 18.8 Å². The maximum atomic E-state index is 13.3. The van der Waals surface area contributed by atoms with Crippen LogP contribution in [0.4, 0.5) is 10.1 Å². The molecule has 3 heterocycles. The number of carbonyl (C=O) groups is 3. The van der Waals surface area contributed by atoms with Crippen LogP contribution in [-0.2, 0) is 9.59 Å². The first kappa shape index (κ1) is 17.5. The molecule has 2 amide bonds. The molecule has 7 heteroatoms. The standard InChI is InChI=1S/C22H16FN3O3/c23-14-10-8-13(9-11-14)20(27)19-18-17(16-7-4-12-24-26(16)19)21(28)25(22(18)29)15-5-2-1-3-6-15/h1-12,16-19H/t16-,17+,18-,19+/m1/s1. The molecule has 2 saturated heterocycles. The molecule has 2 fully saturated rings. The lowest BCUT2D eigenvalue weighted by molar-refractivity contribution is -0.123. The maximum absolute atomic E-state index is 13.3. The minimum absolute atomic E-state index is 0.277. The average molecular weight is 389 g/mol. The van der Waals surface area contributed by atoms with Crippen molar-refractivity contribution in [2.24, 2.45) is 16.9 Å². The van der Waals surface area contributed by atoms with Crippen molar-refractivity contribution in [3.8, 4) is 0 Å². The van der Waals surface area contributed by atoms with Crippen LogP contribution in [0.25, 0.3) is 0 Å². The zero-order valence-electron chi connectivity index (χ0n) is 15.2. The third-order valence-electron chi connectivity index (χ3n) is 5.70. The van der Waals surface area contributed by atoms with E-state index in [2.05, 4.69) is 5.10 Å². The lowest BCUT2D eigenvalue weighted by atomic mass is 9.86. The number of hydrazone groups is 1. The fourth-order valence-corrected chi connectivity index (χ4v) is 4.45. The van der Waals surface area contributed by atoms with Gasteiger partial charge < -0.3 is 0 Å². The van der Waals surface area contributed by atoms with Crippen molar-refractivity contribution in [1.82, 2.24) is 5.01 Å². The number of benzene rings is 2. The molecule has 6 nitrogen and oxygen atoms in total. The van der Waals surface area contributed by atoms with Gasteiger partial charge in [-0.3, -0.25) is 19.4 Å². The van der Waals surface area contributed by atoms with Gasteiger partial charge in [-0.25, -0.2) is 9.29 Å². The number of hydrogen-bond donors (Lipinski definition) is 0. The van der Waals surface area contributed by atoms with Crippen LogP contribution in [0, 0.1) is 17.7 Å². The third-order valence-corrected chi connectivity index (χ3v) is 5.70. The molecule has 0 saturated carbocycles. The summed E-state index contributed by atoms with van der Waals surface area (Å²) < 4.78 is 13.3. The van der Waals surface area contributed by atoms with Gasteiger partial charge in [0.05, 0.1) is 23.6 Å². The number of nitrogens with zero attached hydrogens (tertiary/aromatic N) is 3. The summed E-state index contributed by atoms with van der Waals surface area (Å²) in [7, 11) is 0. The molecular formula is C22H16FN3O3. The highest BCUT2D eigenvalue weighted by atomic mass is 19.1. The fraction of sp³-hybridized carbons (Fsp3) is 0.182. The molecule has 3 aliphatic rings. The number of amides is 2. The van der Waals surface area contributed by atoms with E-state index in [1.165, 1.54) is 35.4 Å². The minimum atomic E-state index is -0.929. The molecule has 0 unspecified atom stereocenters. The molecule has 0 radical (unpaired) electrons. The zero-order valence-corrected chi connectivity index (χ0v) is 15.2. The fourth-order valence-electron chi connectivity index (χ4n) is 4.45. The molecule has 0 spiro atoms. The van der Waals surface area contributed by atoms with Crippen molar-refractivity contribution >= 4 is 29.5 Å². The summed E-state index contributed by atoms with van der Waals surface area (Å²) >= 11 is 0. The second kappa shape index (κ2) is 6.48. The van der Waals surface area contributed by atoms with E-state index in [0.717, 1.165) is 0 Å². The Balaban J connectivity index is 1.58. The van der Waals surface area contributed by atoms with E-state index in [1.807, 2.05) is 0 Å². The Morgan fingerprint density at radius 3 is 2.34 bits per heavy atom. The Labute approximate surface area is 165 Å². The Kier molecular flexibility index (Phi) is 3.91. The number of rotatable bonds is 3. The van der Waals surface area contributed by atoms with Crippen molar-refractivity contribution < 1.29 is 18.8 Å². The van der Waals surface area contributed by atoms with Gasteiger partial charge in [-0.1, -0.05) is 24.3 Å². The smallest absolute Gasteiger partial charge is 0.240 e. The van der Waals surface area contributed by atoms with E-state index in [-0.39, 0.29) is 17.3 Å². The van der Waals surface area contributed by atoms with Crippen LogP contribution in [0.1, 0.15) is 10.4 Å². The third kappa shape index (κ3) is 2.54. The Bertz CT molecular complexity index is 1060. The first-order valence-electron chi connectivity index (χ1n) is 9.29. The highest BCUT2D eigenvalue weighted by Crippen LogP contribution is 2.46. The molecule has 2 aromatic rings. The second-order valence-electron chi connectivity index (χ2n) is 7.24. The van der Waals surface area contributed by atoms with Gasteiger partial charge in [0, 0.05) is 11.8 Å². The molecule has 4 atom stereocenters. The molecule has 0 N–H and O–H groups in total. The predicted octanol–water partition coefficient (Wildman–Crippen LogP) is 2.42. The lowest BCUT2D eigenvalue weighted by Crippen LogP contribution is -2.46. The topological polar surface area (TPSA) is 70.0 Å². The number of allylic oxidation sites excluding steroid dienone is 1. The second-order valence-corrected chi connectivity index (χ2v) is 7.24. The summed E-state index contributed by atoms with van der Waals surface area (Å²) in [6, 6.07) is 12.5. The quantitative estimate of drug-likeness (QED) is 0.597. The molecule has 2 aromatic carbocycles. The Morgan fingerprint density at radius 2 is 1.62 bits per heavy atom. The van der Waals surface area contributed by atoms with Gasteiger partial charge in [-0.2, -0.15) is 5.10 Å². The van der Waals surface area contributed by atoms with Crippen molar-refractivity contribution in [1.29, 1.82) is 0 Å². The van der Waals surface area contributed by atoms with Gasteiger partial charge in [-0.05, 0) is 42.5 Å². The van der Waals surface area contributed by atoms with Gasteiger partial charge in [0.25, 0.3) is 0 Å². The maximum Gasteiger partial charge on any atom is 0.240 e. The van der Waals surface area contributed by atoms with Gasteiger partial charge in [-0.15, -0.1) is 0 Å². The number of hydrogen-bond acceptors (Lipinski definition) is 5. The number of fused-ring (bicyclic) bond motifs is 3. The zero-order chi connectivity index (χ0) is 20.1. The molecule has 0 bridgehead atoms. The van der Waals surface area contributed by atoms with Crippen molar-refractivity contribution in [2.75, 3.05) is 4.90 Å². The Hall–Kier alpha value is -3.61. The number of ketones is 1. The number of para-hydroxylation sites is 1. The highest BCUT2D eigenvalue weighted by molar-refractivity contribution is 6.24. The van der Waals surface area contributed by atoms with Crippen molar-refractivity contribution in [2.45, 2.75) is 12.1 Å². The summed E-state index contributed by atoms with van der Waals surface area (Å²) in [5.74, 6) is -3.12. The molecule has 5 rings (SSSR count). The largest absolute Gasteiger partial charge is 0.292 e. The average Bonchev–Trinajstić information content (AvgIpc) is 3.22. The number of imide groups is 1. The van der Waals surface area contributed by atoms with Crippen LogP contribution in [-0.4, -0.2) is 40.9 Å². The lowest BCUT2D eigenvalue weighted by Gasteiger charge is -2.30. The van der Waals surface area contributed by atoms with E-state index in [4.69, 9.17) is 0 Å². The van der Waals surface area contributed by atoms with E-state index in [0.29, 0.717) is 5.69 Å². The van der Waals surface area contributed by atoms with Gasteiger partial charge in [0.2, 0.25) is 11.8 Å². The van der Waals surface area contributed by atoms with Gasteiger partial charge >= 0.3 is 0 Å². The molecule has 0 aromatic heterocycles. The molecule has 29 heavy (non-hydrogen) atoms. The van der Waals surface area contributed by atoms with Gasteiger partial charge in [0.15, 0.2) is 5.78 Å². The van der Waals surface area contributed by atoms with E-state index >= 15 is 0 Å². The Morgan fingerprint density at radius 1 is 0.931 bits per heavy atom. The monoisotopic (exact) mass is 389 g/mol. The van der Waals surface area contributed by atoms with Crippen LogP contribution >= 0.6 is 0 Å². The number of Topliss-reactive ketones (excluding diaryl/α,β-unsaturated/α-hetero) is 1. The molecule has 3 aliphatic heterocycles. The van der Waals surface area contributed by atoms with E-state index in [1.54, 1.807) is 47.5 Å². The first-order valence-corrected chi connectivity index (χ1v) is 9.29. The van der Waals surface area contributed by atoms with Crippen LogP contribution in [0.5, 0.6) is 0 Å². The number of carbonyl (C=O) groups excluding carboxylic acids is 3. The summed E-state index contributed by atoms with van der Waals surface area (Å²) in [5.41, 5.74) is 0.763. The summed E-state index contributed by atoms with van der Waals surface area (Å²) in [5, 5.41) is 5.83. The van der Waals surface area contributed by atoms with Gasteiger partial charge in [0.1, 0.15) is 11.9 Å². The van der Waals surface area contributed by atoms with Crippen LogP contribution in [0.15, 0.2) is 71.9 Å². The predicted molar refractivity (Wildman–Crippen MR) is 104 cm³/mol. The molecule has 0 aliphatic carbocycles. The normalized spacial score (nSPS) is 27.3. The first-order chi connectivity index (χ1) is 14.1. The van der Waals surface area contributed by atoms with Crippen LogP contribution in [0.3, 0.4) is 0 Å². The number of halogens is 1. The van der Waals surface area contributed by atoms with Crippen LogP contribution < -0.4 is 4.90 Å². The summed E-state index contributed by atoms with van der Waals surface area (Å²) in [6.45, 7) is 0. The minimum Gasteiger partial charge on any atom is -0.292 e. The summed E-state index contributed by atoms with van der Waals surface area (Å²) in [6.07, 6.45) is 5.04. The van der Waals surface area contributed by atoms with Crippen molar-refractivity contribution in [3.63, 3.8) is 0 Å². The van der Waals surface area contributed by atoms with Crippen LogP contribution in [0.2, 0.25) is 0 Å².